The maximum atomic E-state index is 11.1. The van der Waals surface area contributed by atoms with Crippen LogP contribution < -0.4 is 35.2 Å². The molecule has 0 aromatic heterocycles. The van der Waals surface area contributed by atoms with Crippen molar-refractivity contribution in [1.29, 1.82) is 0 Å². The Bertz CT molecular complexity index is 932. The van der Waals surface area contributed by atoms with Crippen molar-refractivity contribution in [3.05, 3.63) is 89.2 Å². The molecule has 2 aliphatic rings. The van der Waals surface area contributed by atoms with E-state index in [4.69, 9.17) is 5.73 Å². The van der Waals surface area contributed by atoms with E-state index < -0.39 is 0 Å². The van der Waals surface area contributed by atoms with Gasteiger partial charge in [-0.3, -0.25) is 6.08 Å². The Labute approximate surface area is 279 Å². The molecule has 0 bridgehead atoms. The Balaban J connectivity index is 0. The molecule has 2 aliphatic carbocycles. The van der Waals surface area contributed by atoms with Crippen LogP contribution >= 0.6 is 0 Å². The van der Waals surface area contributed by atoms with E-state index in [2.05, 4.69) is 94.4 Å². The van der Waals surface area contributed by atoms with E-state index in [0.717, 1.165) is 25.7 Å². The number of hydrogen-bond donors (Lipinski definition) is 0. The fourth-order valence-corrected chi connectivity index (χ4v) is 6.09. The smallest absolute Gasteiger partial charge is 1.00 e. The largest absolute Gasteiger partial charge is 4.00 e. The van der Waals surface area contributed by atoms with Gasteiger partial charge in [0.05, 0.1) is 5.91 Å². The third kappa shape index (κ3) is 17.1. The Hall–Kier alpha value is -0.930. The quantitative estimate of drug-likeness (QED) is 0.364. The van der Waals surface area contributed by atoms with Crippen LogP contribution in [0.4, 0.5) is 0 Å². The normalized spacial score (nSPS) is 17.8. The van der Waals surface area contributed by atoms with E-state index in [1.165, 1.54) is 72.0 Å². The van der Waals surface area contributed by atoms with Crippen LogP contribution in [0.3, 0.4) is 0 Å². The van der Waals surface area contributed by atoms with Crippen molar-refractivity contribution in [1.82, 2.24) is 0 Å². The Morgan fingerprint density at radius 1 is 0.725 bits per heavy atom. The van der Waals surface area contributed by atoms with Gasteiger partial charge in [0.25, 0.3) is 0 Å². The van der Waals surface area contributed by atoms with Gasteiger partial charge in [-0.2, -0.15) is 11.1 Å². The van der Waals surface area contributed by atoms with E-state index in [0.29, 0.717) is 5.92 Å². The molecule has 0 aliphatic heterocycles. The molecule has 2 aromatic carbocycles. The van der Waals surface area contributed by atoms with Gasteiger partial charge in [-0.25, -0.2) is 5.57 Å². The maximum absolute atomic E-state index is 11.1. The second-order valence-corrected chi connectivity index (χ2v) is 12.2. The molecule has 2 nitrogen and oxygen atoms in total. The summed E-state index contributed by atoms with van der Waals surface area (Å²) in [7, 11) is 0.271. The first kappa shape index (κ1) is 41.2. The number of benzene rings is 2. The number of nitrogens with one attached hydrogen (secondary N) is 1. The summed E-state index contributed by atoms with van der Waals surface area (Å²) < 4.78 is 0. The molecule has 4 rings (SSSR count). The second-order valence-electron chi connectivity index (χ2n) is 10.6. The summed E-state index contributed by atoms with van der Waals surface area (Å²) in [6.07, 6.45) is 16.8. The predicted molar refractivity (Wildman–Crippen MR) is 163 cm³/mol. The molecule has 1 radical (unpaired) electrons. The minimum Gasteiger partial charge on any atom is -1.00 e. The first-order chi connectivity index (χ1) is 17.9. The molecule has 1 unspecified atom stereocenters. The van der Waals surface area contributed by atoms with Crippen molar-refractivity contribution >= 4 is 25.8 Å². The molecule has 40 heavy (non-hydrogen) atoms. The van der Waals surface area contributed by atoms with Gasteiger partial charge in [0.15, 0.2) is 0 Å². The zero-order valence-corrected chi connectivity index (χ0v) is 30.1. The number of amides is 1. The number of carbonyl (C=O) groups is 1. The van der Waals surface area contributed by atoms with Crippen LogP contribution in [0.15, 0.2) is 77.4 Å². The molecular weight excluding hydrogens is 629 g/mol. The average molecular weight is 677 g/mol. The summed E-state index contributed by atoms with van der Waals surface area (Å²) in [5, 5.41) is 2.90. The fraction of sp³-hybridized carbons (Fsp3) is 0.500. The number of halogens is 2. The van der Waals surface area contributed by atoms with E-state index in [9.17, 15) is 4.79 Å². The van der Waals surface area contributed by atoms with Crippen molar-refractivity contribution < 1.29 is 55.8 Å². The van der Waals surface area contributed by atoms with E-state index in [1.54, 1.807) is 0 Å². The summed E-state index contributed by atoms with van der Waals surface area (Å²) in [5.41, 5.74) is 11.5. The predicted octanol–water partition coefficient (Wildman–Crippen LogP) is 2.29. The van der Waals surface area contributed by atoms with Gasteiger partial charge in [0.2, 0.25) is 0 Å². The van der Waals surface area contributed by atoms with E-state index in [-0.39, 0.29) is 72.4 Å². The molecule has 0 heterocycles. The molecule has 2 aromatic rings. The van der Waals surface area contributed by atoms with Gasteiger partial charge < -0.3 is 35.3 Å². The Morgan fingerprint density at radius 2 is 1.10 bits per heavy atom. The van der Waals surface area contributed by atoms with Gasteiger partial charge in [-0.05, 0) is 12.8 Å². The summed E-state index contributed by atoms with van der Waals surface area (Å²) in [6, 6.07) is 21.3. The monoisotopic (exact) mass is 674 g/mol. The topological polar surface area (TPSA) is 40.9 Å². The Kier molecular flexibility index (Phi) is 25.4. The van der Waals surface area contributed by atoms with Crippen LogP contribution in [0.2, 0.25) is 0 Å². The average Bonchev–Trinajstić information content (AvgIpc) is 3.11. The number of rotatable bonds is 3. The third-order valence-corrected chi connectivity index (χ3v) is 9.08. The zero-order valence-electron chi connectivity index (χ0n) is 24.9. The Morgan fingerprint density at radius 3 is 1.38 bits per heavy atom. The summed E-state index contributed by atoms with van der Waals surface area (Å²) in [6.45, 7) is 8.67. The molecule has 0 spiro atoms. The summed E-state index contributed by atoms with van der Waals surface area (Å²) in [4.78, 5) is 11.1. The number of carbonyl (C=O) groups excluding carboxylic acids is 1. The zero-order chi connectivity index (χ0) is 26.9. The van der Waals surface area contributed by atoms with Gasteiger partial charge in [0, 0.05) is 5.92 Å². The molecule has 1 atom stereocenters. The van der Waals surface area contributed by atoms with Crippen LogP contribution in [0.5, 0.6) is 0 Å². The fourth-order valence-electron chi connectivity index (χ4n) is 4.88. The van der Waals surface area contributed by atoms with Crippen molar-refractivity contribution in [2.75, 3.05) is 0 Å². The van der Waals surface area contributed by atoms with E-state index >= 15 is 0 Å². The number of hydrogen-bond acceptors (Lipinski definition) is 1. The second kappa shape index (κ2) is 24.6. The minimum absolute atomic E-state index is 0. The van der Waals surface area contributed by atoms with E-state index in [1.807, 2.05) is 0 Å². The standard InChI is InChI=1S/C13H25NO.C12H11Si.C9H13.2ClH.Zr/c14-13(15)12-10-8-6-4-2-1-3-5-7-9-11-12;1-3-7-11(8-4-1)13-12-9-5-2-6-10-12;1-6-5-7(2)9(4)8(6)3;;;/h12H,1-11H2,(H2,14,15);1-10,13H;6H,1-4H3;2*1H;/q;;-1;;;+4/p-3. The van der Waals surface area contributed by atoms with Gasteiger partial charge in [-0.1, -0.05) is 156 Å². The molecule has 1 fully saturated rings. The van der Waals surface area contributed by atoms with Gasteiger partial charge >= 0.3 is 26.2 Å². The first-order valence-corrected chi connectivity index (χ1v) is 15.5. The van der Waals surface area contributed by atoms with Crippen LogP contribution in [-0.2, 0) is 31.0 Å². The van der Waals surface area contributed by atoms with Crippen LogP contribution in [0.25, 0.3) is 5.73 Å². The summed E-state index contributed by atoms with van der Waals surface area (Å²) >= 11 is 0. The third-order valence-electron chi connectivity index (χ3n) is 7.64. The van der Waals surface area contributed by atoms with Crippen LogP contribution in [-0.4, -0.2) is 15.4 Å². The van der Waals surface area contributed by atoms with Crippen molar-refractivity contribution in [2.24, 2.45) is 11.8 Å². The molecule has 0 saturated heterocycles. The maximum Gasteiger partial charge on any atom is 4.00 e. The molecule has 6 heteroatoms. The molecule has 1 amide bonds. The first-order valence-electron chi connectivity index (χ1n) is 14.4. The van der Waals surface area contributed by atoms with Gasteiger partial charge in [0.1, 0.15) is 9.52 Å². The van der Waals surface area contributed by atoms with Crippen molar-refractivity contribution in [2.45, 2.75) is 98.3 Å². The van der Waals surface area contributed by atoms with Crippen molar-refractivity contribution in [3.8, 4) is 0 Å². The number of allylic oxidation sites excluding steroid dienone is 4. The summed E-state index contributed by atoms with van der Waals surface area (Å²) in [5.74, 6) is 0.279. The molecule has 1 saturated carbocycles. The van der Waals surface area contributed by atoms with Crippen LogP contribution in [0.1, 0.15) is 98.3 Å². The van der Waals surface area contributed by atoms with Crippen molar-refractivity contribution in [3.63, 3.8) is 0 Å². The molecule has 1 N–H and O–H groups in total. The molecular formula is C34H48Cl2NOSiZr. The SMILES string of the molecule is CC1=[C-]C(C)C(C)=C1C.[Cl-].[Cl-].[NH-]C(=O)C1CCCCCCCCCCC1.[Zr+4].c1ccc([SiH]c2ccccc2)cc1. The minimum atomic E-state index is -0.327. The van der Waals surface area contributed by atoms with Gasteiger partial charge in [-0.15, -0.1) is 6.92 Å². The van der Waals surface area contributed by atoms with Crippen LogP contribution in [0, 0.1) is 17.9 Å². The molecule has 217 valence electrons.